The van der Waals surface area contributed by atoms with Crippen LogP contribution in [0.5, 0.6) is 0 Å². The Bertz CT molecular complexity index is 686. The highest BCUT2D eigenvalue weighted by Gasteiger charge is 2.22. The van der Waals surface area contributed by atoms with Gasteiger partial charge in [0.2, 0.25) is 0 Å². The molecule has 3 heterocycles. The van der Waals surface area contributed by atoms with E-state index in [1.165, 1.54) is 0 Å². The van der Waals surface area contributed by atoms with Crippen molar-refractivity contribution < 1.29 is 9.90 Å². The van der Waals surface area contributed by atoms with Crippen LogP contribution in [0.1, 0.15) is 34.4 Å². The molecule has 1 amide bonds. The van der Waals surface area contributed by atoms with Gasteiger partial charge < -0.3 is 15.3 Å². The lowest BCUT2D eigenvalue weighted by Gasteiger charge is -2.17. The van der Waals surface area contributed by atoms with Gasteiger partial charge >= 0.3 is 0 Å². The molecule has 1 saturated heterocycles. The second-order valence-electron chi connectivity index (χ2n) is 5.96. The number of anilines is 1. The molecule has 1 atom stereocenters. The quantitative estimate of drug-likeness (QED) is 0.835. The second-order valence-corrected chi connectivity index (χ2v) is 6.90. The Hall–Kier alpha value is -1.99. The number of thiazole rings is 1. The Kier molecular flexibility index (Phi) is 5.42. The van der Waals surface area contributed by atoms with Crippen LogP contribution >= 0.6 is 11.3 Å². The van der Waals surface area contributed by atoms with Crippen molar-refractivity contribution in [3.8, 4) is 0 Å². The van der Waals surface area contributed by atoms with Gasteiger partial charge in [-0.3, -0.25) is 4.79 Å². The van der Waals surface area contributed by atoms with E-state index in [1.54, 1.807) is 23.6 Å². The summed E-state index contributed by atoms with van der Waals surface area (Å²) in [5.41, 5.74) is 1.60. The summed E-state index contributed by atoms with van der Waals surface area (Å²) >= 11 is 1.56. The molecular weight excluding hydrogens is 324 g/mol. The van der Waals surface area contributed by atoms with Gasteiger partial charge in [0, 0.05) is 37.2 Å². The predicted octanol–water partition coefficient (Wildman–Crippen LogP) is 1.85. The Morgan fingerprint density at radius 1 is 1.50 bits per heavy atom. The SMILES string of the molecule is CCc1csc(CNC(=O)c2ccc(N3CC[C@H](CO)C3)nc2)n1. The molecule has 2 aromatic heterocycles. The Balaban J connectivity index is 1.55. The van der Waals surface area contributed by atoms with Gasteiger partial charge in [-0.05, 0) is 25.0 Å². The third kappa shape index (κ3) is 3.91. The van der Waals surface area contributed by atoms with Gasteiger partial charge in [-0.25, -0.2) is 9.97 Å². The number of nitrogens with one attached hydrogen (secondary N) is 1. The van der Waals surface area contributed by atoms with Crippen molar-refractivity contribution >= 4 is 23.1 Å². The van der Waals surface area contributed by atoms with E-state index in [1.807, 2.05) is 11.4 Å². The van der Waals surface area contributed by atoms with Crippen LogP contribution in [-0.4, -0.2) is 40.7 Å². The van der Waals surface area contributed by atoms with Gasteiger partial charge in [0.1, 0.15) is 10.8 Å². The van der Waals surface area contributed by atoms with Crippen molar-refractivity contribution in [3.05, 3.63) is 40.0 Å². The highest BCUT2D eigenvalue weighted by molar-refractivity contribution is 7.09. The summed E-state index contributed by atoms with van der Waals surface area (Å²) in [5.74, 6) is 1.04. The fourth-order valence-corrected chi connectivity index (χ4v) is 3.56. The minimum absolute atomic E-state index is 0.142. The molecular formula is C17H22N4O2S. The lowest BCUT2D eigenvalue weighted by molar-refractivity contribution is 0.0950. The zero-order valence-electron chi connectivity index (χ0n) is 13.7. The van der Waals surface area contributed by atoms with Crippen LogP contribution < -0.4 is 10.2 Å². The van der Waals surface area contributed by atoms with Crippen LogP contribution in [0.2, 0.25) is 0 Å². The molecule has 128 valence electrons. The first-order valence-electron chi connectivity index (χ1n) is 8.23. The molecule has 6 nitrogen and oxygen atoms in total. The summed E-state index contributed by atoms with van der Waals surface area (Å²) in [6, 6.07) is 3.66. The van der Waals surface area contributed by atoms with Crippen molar-refractivity contribution in [1.82, 2.24) is 15.3 Å². The number of aliphatic hydroxyl groups excluding tert-OH is 1. The number of hydrogen-bond acceptors (Lipinski definition) is 6. The summed E-state index contributed by atoms with van der Waals surface area (Å²) in [4.78, 5) is 23.2. The van der Waals surface area contributed by atoms with Gasteiger partial charge in [-0.2, -0.15) is 0 Å². The molecule has 7 heteroatoms. The average Bonchev–Trinajstić information content (AvgIpc) is 3.29. The van der Waals surface area contributed by atoms with Gasteiger partial charge in [0.25, 0.3) is 5.91 Å². The van der Waals surface area contributed by atoms with E-state index in [0.717, 1.165) is 42.5 Å². The van der Waals surface area contributed by atoms with Gasteiger partial charge in [-0.15, -0.1) is 11.3 Å². The maximum absolute atomic E-state index is 12.2. The molecule has 3 rings (SSSR count). The number of hydrogen-bond donors (Lipinski definition) is 2. The predicted molar refractivity (Wildman–Crippen MR) is 94.3 cm³/mol. The minimum atomic E-state index is -0.142. The summed E-state index contributed by atoms with van der Waals surface area (Å²) in [6.07, 6.45) is 3.49. The molecule has 1 aliphatic heterocycles. The number of carbonyl (C=O) groups is 1. The first kappa shape index (κ1) is 16.9. The van der Waals surface area contributed by atoms with E-state index in [9.17, 15) is 9.90 Å². The zero-order valence-corrected chi connectivity index (χ0v) is 14.6. The number of aromatic nitrogens is 2. The molecule has 0 unspecified atom stereocenters. The molecule has 0 spiro atoms. The minimum Gasteiger partial charge on any atom is -0.396 e. The second kappa shape index (κ2) is 7.72. The summed E-state index contributed by atoms with van der Waals surface area (Å²) in [6.45, 7) is 4.43. The van der Waals surface area contributed by atoms with Crippen molar-refractivity contribution in [2.24, 2.45) is 5.92 Å². The third-order valence-electron chi connectivity index (χ3n) is 4.24. The number of pyridine rings is 1. The van der Waals surface area contributed by atoms with E-state index < -0.39 is 0 Å². The smallest absolute Gasteiger partial charge is 0.253 e. The van der Waals surface area contributed by atoms with Crippen molar-refractivity contribution in [2.75, 3.05) is 24.6 Å². The molecule has 2 N–H and O–H groups in total. The topological polar surface area (TPSA) is 78.4 Å². The maximum Gasteiger partial charge on any atom is 0.253 e. The fourth-order valence-electron chi connectivity index (χ4n) is 2.75. The Morgan fingerprint density at radius 2 is 2.38 bits per heavy atom. The number of nitrogens with zero attached hydrogens (tertiary/aromatic N) is 3. The third-order valence-corrected chi connectivity index (χ3v) is 5.14. The summed E-state index contributed by atoms with van der Waals surface area (Å²) in [5, 5.41) is 15.0. The standard InChI is InChI=1S/C17H22N4O2S/c1-2-14-11-24-16(20-14)8-19-17(23)13-3-4-15(18-7-13)21-6-5-12(9-21)10-22/h3-4,7,11-12,22H,2,5-6,8-10H2,1H3,(H,19,23)/t12-/m0/s1. The maximum atomic E-state index is 12.2. The highest BCUT2D eigenvalue weighted by Crippen LogP contribution is 2.21. The molecule has 0 bridgehead atoms. The van der Waals surface area contributed by atoms with E-state index in [4.69, 9.17) is 0 Å². The first-order chi connectivity index (χ1) is 11.7. The molecule has 1 aliphatic rings. The highest BCUT2D eigenvalue weighted by atomic mass is 32.1. The fraction of sp³-hybridized carbons (Fsp3) is 0.471. The molecule has 0 aromatic carbocycles. The molecule has 0 aliphatic carbocycles. The molecule has 0 radical (unpaired) electrons. The van der Waals surface area contributed by atoms with Crippen LogP contribution in [0.25, 0.3) is 0 Å². The largest absolute Gasteiger partial charge is 0.396 e. The van der Waals surface area contributed by atoms with Gasteiger partial charge in [0.15, 0.2) is 0 Å². The van der Waals surface area contributed by atoms with Crippen LogP contribution in [0.3, 0.4) is 0 Å². The van der Waals surface area contributed by atoms with Crippen molar-refractivity contribution in [1.29, 1.82) is 0 Å². The number of amides is 1. The molecule has 1 fully saturated rings. The van der Waals surface area contributed by atoms with E-state index >= 15 is 0 Å². The van der Waals surface area contributed by atoms with Gasteiger partial charge in [0.05, 0.1) is 17.8 Å². The van der Waals surface area contributed by atoms with E-state index in [-0.39, 0.29) is 12.5 Å². The number of aliphatic hydroxyl groups is 1. The van der Waals surface area contributed by atoms with Crippen LogP contribution in [0.4, 0.5) is 5.82 Å². The summed E-state index contributed by atoms with van der Waals surface area (Å²) < 4.78 is 0. The first-order valence-corrected chi connectivity index (χ1v) is 9.11. The number of rotatable bonds is 6. The van der Waals surface area contributed by atoms with Crippen molar-refractivity contribution in [2.45, 2.75) is 26.3 Å². The van der Waals surface area contributed by atoms with Crippen LogP contribution in [0, 0.1) is 5.92 Å². The lowest BCUT2D eigenvalue weighted by atomic mass is 10.1. The Morgan fingerprint density at radius 3 is 3.00 bits per heavy atom. The molecule has 24 heavy (non-hydrogen) atoms. The number of aryl methyl sites for hydroxylation is 1. The van der Waals surface area contributed by atoms with Crippen molar-refractivity contribution in [3.63, 3.8) is 0 Å². The molecule has 2 aromatic rings. The normalized spacial score (nSPS) is 17.2. The molecule has 0 saturated carbocycles. The van der Waals surface area contributed by atoms with Crippen LogP contribution in [-0.2, 0) is 13.0 Å². The summed E-state index contributed by atoms with van der Waals surface area (Å²) in [7, 11) is 0. The van der Waals surface area contributed by atoms with E-state index in [2.05, 4.69) is 27.1 Å². The number of carbonyl (C=O) groups excluding carboxylic acids is 1. The lowest BCUT2D eigenvalue weighted by Crippen LogP contribution is -2.24. The van der Waals surface area contributed by atoms with Crippen LogP contribution in [0.15, 0.2) is 23.7 Å². The Labute approximate surface area is 145 Å². The monoisotopic (exact) mass is 346 g/mol. The average molecular weight is 346 g/mol. The zero-order chi connectivity index (χ0) is 16.9. The van der Waals surface area contributed by atoms with E-state index in [0.29, 0.717) is 18.0 Å². The van der Waals surface area contributed by atoms with Gasteiger partial charge in [-0.1, -0.05) is 6.92 Å².